The lowest BCUT2D eigenvalue weighted by Crippen LogP contribution is -2.27. The van der Waals surface area contributed by atoms with Crippen LogP contribution in [0.2, 0.25) is 0 Å². The largest absolute Gasteiger partial charge is 0.383 e. The van der Waals surface area contributed by atoms with Crippen molar-refractivity contribution in [3.05, 3.63) is 33.9 Å². The van der Waals surface area contributed by atoms with Gasteiger partial charge >= 0.3 is 0 Å². The molecule has 0 fully saturated rings. The molecule has 0 heterocycles. The highest BCUT2D eigenvalue weighted by Crippen LogP contribution is 2.29. The van der Waals surface area contributed by atoms with Crippen molar-refractivity contribution in [2.75, 3.05) is 31.7 Å². The predicted octanol–water partition coefficient (Wildman–Crippen LogP) is 2.81. The molecule has 0 aliphatic carbocycles. The third kappa shape index (κ3) is 3.58. The number of halogens is 1. The normalized spacial score (nSPS) is 10.4. The summed E-state index contributed by atoms with van der Waals surface area (Å²) in [5.41, 5.74) is 1.44. The third-order valence-electron chi connectivity index (χ3n) is 2.68. The van der Waals surface area contributed by atoms with Gasteiger partial charge in [-0.25, -0.2) is 0 Å². The van der Waals surface area contributed by atoms with E-state index in [0.717, 1.165) is 5.56 Å². The number of nitro benzene ring substituents is 1. The van der Waals surface area contributed by atoms with Crippen molar-refractivity contribution < 1.29 is 9.66 Å². The van der Waals surface area contributed by atoms with Gasteiger partial charge in [0.15, 0.2) is 0 Å². The van der Waals surface area contributed by atoms with Crippen LogP contribution in [-0.2, 0) is 10.6 Å². The number of anilines is 1. The zero-order chi connectivity index (χ0) is 13.5. The molecule has 6 heteroatoms. The van der Waals surface area contributed by atoms with Crippen LogP contribution in [-0.4, -0.2) is 31.7 Å². The fourth-order valence-corrected chi connectivity index (χ4v) is 1.88. The Labute approximate surface area is 111 Å². The number of ether oxygens (including phenoxy) is 1. The molecule has 1 rings (SSSR count). The van der Waals surface area contributed by atoms with Gasteiger partial charge in [-0.1, -0.05) is 6.07 Å². The Hall–Kier alpha value is -1.33. The summed E-state index contributed by atoms with van der Waals surface area (Å²) in [7, 11) is 1.61. The van der Waals surface area contributed by atoms with Crippen molar-refractivity contribution in [3.8, 4) is 0 Å². The smallest absolute Gasteiger partial charge is 0.292 e. The lowest BCUT2D eigenvalue weighted by Gasteiger charge is -2.22. The van der Waals surface area contributed by atoms with Gasteiger partial charge in [-0.2, -0.15) is 0 Å². The molecule has 0 N–H and O–H groups in total. The summed E-state index contributed by atoms with van der Waals surface area (Å²) in [4.78, 5) is 12.6. The highest BCUT2D eigenvalue weighted by atomic mass is 35.5. The number of likely N-dealkylation sites (N-methyl/N-ethyl adjacent to an activating group) is 1. The molecule has 1 aromatic rings. The standard InChI is InChI=1S/C12H17ClN2O3/c1-3-14(6-7-18-2)11-5-4-10(9-13)8-12(11)15(16)17/h4-5,8H,3,6-7,9H2,1-2H3. The number of nitro groups is 1. The van der Waals surface area contributed by atoms with Crippen molar-refractivity contribution in [1.82, 2.24) is 0 Å². The first-order valence-corrected chi connectivity index (χ1v) is 6.24. The highest BCUT2D eigenvalue weighted by molar-refractivity contribution is 6.17. The Morgan fingerprint density at radius 3 is 2.72 bits per heavy atom. The quantitative estimate of drug-likeness (QED) is 0.435. The maximum Gasteiger partial charge on any atom is 0.292 e. The second-order valence-corrected chi connectivity index (χ2v) is 4.05. The maximum atomic E-state index is 11.1. The fraction of sp³-hybridized carbons (Fsp3) is 0.500. The molecule has 0 aromatic heterocycles. The van der Waals surface area contributed by atoms with Crippen LogP contribution in [0.4, 0.5) is 11.4 Å². The average Bonchev–Trinajstić information content (AvgIpc) is 2.39. The van der Waals surface area contributed by atoms with E-state index in [2.05, 4.69) is 0 Å². The molecule has 0 amide bonds. The molecule has 18 heavy (non-hydrogen) atoms. The molecule has 0 saturated carbocycles. The van der Waals surface area contributed by atoms with E-state index in [4.69, 9.17) is 16.3 Å². The van der Waals surface area contributed by atoms with Gasteiger partial charge in [-0.15, -0.1) is 11.6 Å². The van der Waals surface area contributed by atoms with Crippen molar-refractivity contribution in [2.45, 2.75) is 12.8 Å². The van der Waals surface area contributed by atoms with E-state index in [9.17, 15) is 10.1 Å². The average molecular weight is 273 g/mol. The Kier molecular flexibility index (Phi) is 5.88. The van der Waals surface area contributed by atoms with E-state index >= 15 is 0 Å². The maximum absolute atomic E-state index is 11.1. The second kappa shape index (κ2) is 7.18. The van der Waals surface area contributed by atoms with E-state index in [1.807, 2.05) is 17.9 Å². The lowest BCUT2D eigenvalue weighted by molar-refractivity contribution is -0.384. The summed E-state index contributed by atoms with van der Waals surface area (Å²) >= 11 is 5.70. The van der Waals surface area contributed by atoms with Gasteiger partial charge in [0.25, 0.3) is 5.69 Å². The highest BCUT2D eigenvalue weighted by Gasteiger charge is 2.18. The zero-order valence-electron chi connectivity index (χ0n) is 10.6. The minimum absolute atomic E-state index is 0.0890. The molecule has 0 unspecified atom stereocenters. The van der Waals surface area contributed by atoms with Crippen LogP contribution in [0.1, 0.15) is 12.5 Å². The minimum atomic E-state index is -0.374. The minimum Gasteiger partial charge on any atom is -0.383 e. The number of hydrogen-bond donors (Lipinski definition) is 0. The Bertz CT molecular complexity index is 412. The number of methoxy groups -OCH3 is 1. The molecule has 0 saturated heterocycles. The molecule has 0 aliphatic rings. The zero-order valence-corrected chi connectivity index (χ0v) is 11.3. The Balaban J connectivity index is 3.08. The number of hydrogen-bond acceptors (Lipinski definition) is 4. The summed E-state index contributed by atoms with van der Waals surface area (Å²) in [5, 5.41) is 11.1. The topological polar surface area (TPSA) is 55.6 Å². The number of nitrogens with zero attached hydrogens (tertiary/aromatic N) is 2. The van der Waals surface area contributed by atoms with Crippen LogP contribution in [0.15, 0.2) is 18.2 Å². The predicted molar refractivity (Wildman–Crippen MR) is 72.4 cm³/mol. The van der Waals surface area contributed by atoms with Gasteiger partial charge in [0.2, 0.25) is 0 Å². The first-order chi connectivity index (χ1) is 8.63. The van der Waals surface area contributed by atoms with E-state index in [0.29, 0.717) is 25.4 Å². The summed E-state index contributed by atoms with van der Waals surface area (Å²) in [6.07, 6.45) is 0. The molecule has 100 valence electrons. The van der Waals surface area contributed by atoms with E-state index in [1.165, 1.54) is 6.07 Å². The van der Waals surface area contributed by atoms with Gasteiger partial charge in [0.1, 0.15) is 5.69 Å². The summed E-state index contributed by atoms with van der Waals surface area (Å²) in [6, 6.07) is 5.08. The van der Waals surface area contributed by atoms with Gasteiger partial charge in [0.05, 0.1) is 11.5 Å². The molecular weight excluding hydrogens is 256 g/mol. The summed E-state index contributed by atoms with van der Waals surface area (Å²) < 4.78 is 5.01. The Morgan fingerprint density at radius 1 is 1.50 bits per heavy atom. The van der Waals surface area contributed by atoms with Crippen LogP contribution in [0.5, 0.6) is 0 Å². The monoisotopic (exact) mass is 272 g/mol. The molecule has 0 spiro atoms. The fourth-order valence-electron chi connectivity index (χ4n) is 1.72. The van der Waals surface area contributed by atoms with Gasteiger partial charge in [-0.05, 0) is 18.6 Å². The molecule has 0 atom stereocenters. The number of alkyl halides is 1. The molecule has 0 aliphatic heterocycles. The van der Waals surface area contributed by atoms with Gasteiger partial charge in [-0.3, -0.25) is 10.1 Å². The Morgan fingerprint density at radius 2 is 2.22 bits per heavy atom. The van der Waals surface area contributed by atoms with Crippen LogP contribution in [0.3, 0.4) is 0 Å². The summed E-state index contributed by atoms with van der Waals surface area (Å²) in [5.74, 6) is 0.269. The second-order valence-electron chi connectivity index (χ2n) is 3.79. The van der Waals surface area contributed by atoms with Crippen LogP contribution in [0, 0.1) is 10.1 Å². The van der Waals surface area contributed by atoms with Crippen molar-refractivity contribution in [1.29, 1.82) is 0 Å². The van der Waals surface area contributed by atoms with Gasteiger partial charge in [0, 0.05) is 32.1 Å². The van der Waals surface area contributed by atoms with E-state index < -0.39 is 0 Å². The van der Waals surface area contributed by atoms with E-state index in [1.54, 1.807) is 13.2 Å². The van der Waals surface area contributed by atoms with Crippen molar-refractivity contribution in [3.63, 3.8) is 0 Å². The van der Waals surface area contributed by atoms with Crippen LogP contribution in [0.25, 0.3) is 0 Å². The van der Waals surface area contributed by atoms with Gasteiger partial charge < -0.3 is 9.64 Å². The third-order valence-corrected chi connectivity index (χ3v) is 2.99. The molecule has 0 radical (unpaired) electrons. The number of rotatable bonds is 7. The lowest BCUT2D eigenvalue weighted by atomic mass is 10.1. The van der Waals surface area contributed by atoms with E-state index in [-0.39, 0.29) is 16.5 Å². The first-order valence-electron chi connectivity index (χ1n) is 5.71. The molecular formula is C12H17ClN2O3. The molecule has 0 bridgehead atoms. The first kappa shape index (κ1) is 14.7. The van der Waals surface area contributed by atoms with Crippen LogP contribution < -0.4 is 4.90 Å². The van der Waals surface area contributed by atoms with Crippen molar-refractivity contribution >= 4 is 23.0 Å². The summed E-state index contributed by atoms with van der Waals surface area (Å²) in [6.45, 7) is 3.79. The SMILES string of the molecule is CCN(CCOC)c1ccc(CCl)cc1[N+](=O)[O-]. The van der Waals surface area contributed by atoms with Crippen molar-refractivity contribution in [2.24, 2.45) is 0 Å². The van der Waals surface area contributed by atoms with Crippen LogP contribution >= 0.6 is 11.6 Å². The number of benzene rings is 1. The molecule has 5 nitrogen and oxygen atoms in total. The molecule has 1 aromatic carbocycles.